The fourth-order valence-corrected chi connectivity index (χ4v) is 3.69. The topological polar surface area (TPSA) is 58.2 Å². The van der Waals surface area contributed by atoms with Crippen LogP contribution in [0.15, 0.2) is 29.2 Å². The molecule has 2 N–H and O–H groups in total. The van der Waals surface area contributed by atoms with Crippen LogP contribution in [0, 0.1) is 0 Å². The van der Waals surface area contributed by atoms with Gasteiger partial charge in [0.25, 0.3) is 0 Å². The molecule has 0 bridgehead atoms. The summed E-state index contributed by atoms with van der Waals surface area (Å²) in [4.78, 5) is 0.351. The summed E-state index contributed by atoms with van der Waals surface area (Å²) in [5, 5.41) is 3.47. The van der Waals surface area contributed by atoms with E-state index in [1.807, 2.05) is 12.1 Å². The van der Waals surface area contributed by atoms with Crippen molar-refractivity contribution in [3.05, 3.63) is 24.3 Å². The highest BCUT2D eigenvalue weighted by Crippen LogP contribution is 2.34. The zero-order chi connectivity index (χ0) is 13.5. The molecule has 3 rings (SSSR count). The normalized spacial score (nSPS) is 21.7. The van der Waals surface area contributed by atoms with E-state index in [1.54, 1.807) is 12.1 Å². The van der Waals surface area contributed by atoms with Crippen LogP contribution >= 0.6 is 0 Å². The van der Waals surface area contributed by atoms with E-state index in [2.05, 4.69) is 17.0 Å². The summed E-state index contributed by atoms with van der Waals surface area (Å²) in [6, 6.07) is 7.21. The fourth-order valence-electron chi connectivity index (χ4n) is 2.39. The monoisotopic (exact) mass is 280 g/mol. The molecule has 4 nitrogen and oxygen atoms in total. The number of nitrogens with one attached hydrogen (secondary N) is 2. The minimum Gasteiger partial charge on any atom is -0.380 e. The number of sulfonamides is 1. The van der Waals surface area contributed by atoms with Gasteiger partial charge in [0.15, 0.2) is 0 Å². The molecule has 0 aliphatic heterocycles. The first-order valence-corrected chi connectivity index (χ1v) is 8.36. The molecule has 0 amide bonds. The van der Waals surface area contributed by atoms with Gasteiger partial charge in [0.05, 0.1) is 4.90 Å². The SMILES string of the molecule is CC1(Nc2ccc(S(=O)(=O)NC3CC3)cc2)CCC1. The van der Waals surface area contributed by atoms with Gasteiger partial charge in [-0.2, -0.15) is 0 Å². The molecule has 104 valence electrons. The van der Waals surface area contributed by atoms with Crippen LogP contribution in [0.3, 0.4) is 0 Å². The van der Waals surface area contributed by atoms with Gasteiger partial charge in [-0.15, -0.1) is 0 Å². The van der Waals surface area contributed by atoms with Gasteiger partial charge in [-0.05, 0) is 63.3 Å². The summed E-state index contributed by atoms with van der Waals surface area (Å²) in [7, 11) is -3.33. The maximum Gasteiger partial charge on any atom is 0.240 e. The Labute approximate surface area is 114 Å². The third-order valence-corrected chi connectivity index (χ3v) is 5.50. The summed E-state index contributed by atoms with van der Waals surface area (Å²) in [5.41, 5.74) is 1.18. The molecule has 1 aromatic rings. The highest BCUT2D eigenvalue weighted by Gasteiger charge is 2.31. The summed E-state index contributed by atoms with van der Waals surface area (Å²) < 4.78 is 26.7. The first kappa shape index (κ1) is 12.9. The molecule has 0 aromatic heterocycles. The Morgan fingerprint density at radius 2 is 1.79 bits per heavy atom. The minimum atomic E-state index is -3.33. The number of rotatable bonds is 5. The molecule has 2 aliphatic carbocycles. The van der Waals surface area contributed by atoms with Crippen LogP contribution in [0.4, 0.5) is 5.69 Å². The van der Waals surface area contributed by atoms with E-state index in [0.717, 1.165) is 18.5 Å². The Kier molecular flexibility index (Phi) is 3.06. The Morgan fingerprint density at radius 1 is 1.16 bits per heavy atom. The maximum absolute atomic E-state index is 12.0. The summed E-state index contributed by atoms with van der Waals surface area (Å²) in [5.74, 6) is 0. The Morgan fingerprint density at radius 3 is 2.26 bits per heavy atom. The highest BCUT2D eigenvalue weighted by molar-refractivity contribution is 7.89. The fraction of sp³-hybridized carbons (Fsp3) is 0.571. The Hall–Kier alpha value is -1.07. The van der Waals surface area contributed by atoms with Gasteiger partial charge in [-0.1, -0.05) is 0 Å². The quantitative estimate of drug-likeness (QED) is 0.871. The molecular formula is C14H20N2O2S. The van der Waals surface area contributed by atoms with Gasteiger partial charge >= 0.3 is 0 Å². The van der Waals surface area contributed by atoms with Crippen LogP contribution in [0.2, 0.25) is 0 Å². The summed E-state index contributed by atoms with van der Waals surface area (Å²) >= 11 is 0. The predicted molar refractivity (Wildman–Crippen MR) is 75.7 cm³/mol. The Bertz CT molecular complexity index is 558. The lowest BCUT2D eigenvalue weighted by Gasteiger charge is -2.40. The zero-order valence-corrected chi connectivity index (χ0v) is 12.0. The van der Waals surface area contributed by atoms with Crippen molar-refractivity contribution in [2.75, 3.05) is 5.32 Å². The third-order valence-electron chi connectivity index (χ3n) is 3.97. The molecule has 2 saturated carbocycles. The molecule has 0 radical (unpaired) electrons. The van der Waals surface area contributed by atoms with E-state index in [9.17, 15) is 8.42 Å². The van der Waals surface area contributed by atoms with E-state index in [1.165, 1.54) is 19.3 Å². The second kappa shape index (κ2) is 4.49. The molecule has 0 spiro atoms. The predicted octanol–water partition coefficient (Wildman–Crippen LogP) is 2.48. The number of benzene rings is 1. The largest absolute Gasteiger partial charge is 0.380 e. The zero-order valence-electron chi connectivity index (χ0n) is 11.1. The Balaban J connectivity index is 1.71. The van der Waals surface area contributed by atoms with E-state index in [-0.39, 0.29) is 11.6 Å². The number of hydrogen-bond acceptors (Lipinski definition) is 3. The summed E-state index contributed by atoms with van der Waals surface area (Å²) in [6.07, 6.45) is 5.53. The van der Waals surface area contributed by atoms with E-state index in [4.69, 9.17) is 0 Å². The lowest BCUT2D eigenvalue weighted by Crippen LogP contribution is -2.41. The van der Waals surface area contributed by atoms with Crippen LogP contribution in [0.1, 0.15) is 39.0 Å². The maximum atomic E-state index is 12.0. The van der Waals surface area contributed by atoms with Crippen molar-refractivity contribution in [3.8, 4) is 0 Å². The van der Waals surface area contributed by atoms with Crippen LogP contribution in [-0.4, -0.2) is 20.0 Å². The average Bonchev–Trinajstić information content (AvgIpc) is 3.11. The molecule has 1 aromatic carbocycles. The van der Waals surface area contributed by atoms with Crippen LogP contribution < -0.4 is 10.0 Å². The number of anilines is 1. The van der Waals surface area contributed by atoms with Crippen molar-refractivity contribution in [2.45, 2.75) is 55.5 Å². The first-order chi connectivity index (χ1) is 8.97. The van der Waals surface area contributed by atoms with Crippen molar-refractivity contribution >= 4 is 15.7 Å². The molecule has 0 saturated heterocycles. The molecule has 0 atom stereocenters. The molecule has 2 aliphatic rings. The van der Waals surface area contributed by atoms with Gasteiger partial charge in [0, 0.05) is 17.3 Å². The number of hydrogen-bond donors (Lipinski definition) is 2. The van der Waals surface area contributed by atoms with Gasteiger partial charge < -0.3 is 5.32 Å². The highest BCUT2D eigenvalue weighted by atomic mass is 32.2. The smallest absolute Gasteiger partial charge is 0.240 e. The standard InChI is InChI=1S/C14H20N2O2S/c1-14(9-2-10-14)15-11-5-7-13(8-6-11)19(17,18)16-12-3-4-12/h5-8,12,15-16H,2-4,9-10H2,1H3. The van der Waals surface area contributed by atoms with Crippen molar-refractivity contribution in [1.29, 1.82) is 0 Å². The molecular weight excluding hydrogens is 260 g/mol. The molecule has 0 heterocycles. The van der Waals surface area contributed by atoms with Crippen molar-refractivity contribution < 1.29 is 8.42 Å². The van der Waals surface area contributed by atoms with Gasteiger partial charge in [-0.25, -0.2) is 13.1 Å². The molecule has 5 heteroatoms. The summed E-state index contributed by atoms with van der Waals surface area (Å²) in [6.45, 7) is 2.20. The third kappa shape index (κ3) is 2.92. The van der Waals surface area contributed by atoms with Crippen LogP contribution in [0.25, 0.3) is 0 Å². The van der Waals surface area contributed by atoms with Gasteiger partial charge in [0.2, 0.25) is 10.0 Å². The second-order valence-corrected chi connectivity index (χ2v) is 7.67. The minimum absolute atomic E-state index is 0.150. The molecule has 0 unspecified atom stereocenters. The van der Waals surface area contributed by atoms with Crippen LogP contribution in [-0.2, 0) is 10.0 Å². The van der Waals surface area contributed by atoms with Crippen molar-refractivity contribution in [2.24, 2.45) is 0 Å². The second-order valence-electron chi connectivity index (χ2n) is 5.96. The van der Waals surface area contributed by atoms with E-state index in [0.29, 0.717) is 4.90 Å². The molecule has 2 fully saturated rings. The lowest BCUT2D eigenvalue weighted by atomic mass is 9.78. The van der Waals surface area contributed by atoms with E-state index < -0.39 is 10.0 Å². The van der Waals surface area contributed by atoms with E-state index >= 15 is 0 Å². The van der Waals surface area contributed by atoms with Crippen molar-refractivity contribution in [3.63, 3.8) is 0 Å². The van der Waals surface area contributed by atoms with Gasteiger partial charge in [0.1, 0.15) is 0 Å². The van der Waals surface area contributed by atoms with Crippen LogP contribution in [0.5, 0.6) is 0 Å². The molecule has 19 heavy (non-hydrogen) atoms. The van der Waals surface area contributed by atoms with Crippen molar-refractivity contribution in [1.82, 2.24) is 4.72 Å². The lowest BCUT2D eigenvalue weighted by molar-refractivity contribution is 0.306. The average molecular weight is 280 g/mol. The first-order valence-electron chi connectivity index (χ1n) is 6.88. The van der Waals surface area contributed by atoms with Gasteiger partial charge in [-0.3, -0.25) is 0 Å².